The zero-order valence-electron chi connectivity index (χ0n) is 9.33. The molecule has 17 heavy (non-hydrogen) atoms. The van der Waals surface area contributed by atoms with Crippen molar-refractivity contribution in [3.8, 4) is 5.75 Å². The lowest BCUT2D eigenvalue weighted by atomic mass is 9.97. The maximum Gasteiger partial charge on any atom is 0.312 e. The van der Waals surface area contributed by atoms with Crippen LogP contribution in [0.3, 0.4) is 0 Å². The highest BCUT2D eigenvalue weighted by atomic mass is 35.5. The van der Waals surface area contributed by atoms with Gasteiger partial charge in [0.2, 0.25) is 0 Å². The summed E-state index contributed by atoms with van der Waals surface area (Å²) in [5.74, 6) is 0.0999. The Morgan fingerprint density at radius 1 is 1.53 bits per heavy atom. The van der Waals surface area contributed by atoms with E-state index in [2.05, 4.69) is 0 Å². The largest absolute Gasteiger partial charge is 0.491 e. The lowest BCUT2D eigenvalue weighted by Crippen LogP contribution is -2.29. The summed E-state index contributed by atoms with van der Waals surface area (Å²) in [5, 5.41) is 1.02. The van der Waals surface area contributed by atoms with Crippen LogP contribution in [0.5, 0.6) is 5.75 Å². The Labute approximate surface area is 110 Å². The minimum Gasteiger partial charge on any atom is -0.491 e. The summed E-state index contributed by atoms with van der Waals surface area (Å²) in [6.45, 7) is 2.45. The first-order valence-electron chi connectivity index (χ1n) is 5.39. The van der Waals surface area contributed by atoms with Crippen LogP contribution in [0.4, 0.5) is 0 Å². The highest BCUT2D eigenvalue weighted by molar-refractivity contribution is 6.35. The molecule has 3 nitrogen and oxygen atoms in total. The SMILES string of the molecule is CCOC(=O)C1COc2c(Cl)cc(Cl)cc2C1. The monoisotopic (exact) mass is 274 g/mol. The van der Waals surface area contributed by atoms with Gasteiger partial charge in [0, 0.05) is 5.02 Å². The van der Waals surface area contributed by atoms with Crippen LogP contribution in [-0.2, 0) is 16.0 Å². The number of hydrogen-bond donors (Lipinski definition) is 0. The van der Waals surface area contributed by atoms with E-state index < -0.39 is 0 Å². The molecule has 1 unspecified atom stereocenters. The van der Waals surface area contributed by atoms with Gasteiger partial charge in [-0.05, 0) is 31.0 Å². The molecule has 0 spiro atoms. The van der Waals surface area contributed by atoms with Gasteiger partial charge in [0.15, 0.2) is 0 Å². The van der Waals surface area contributed by atoms with E-state index in [-0.39, 0.29) is 11.9 Å². The summed E-state index contributed by atoms with van der Waals surface area (Å²) >= 11 is 11.9. The third-order valence-corrected chi connectivity index (χ3v) is 3.10. The smallest absolute Gasteiger partial charge is 0.312 e. The Hall–Kier alpha value is -0.930. The van der Waals surface area contributed by atoms with E-state index in [9.17, 15) is 4.79 Å². The number of carbonyl (C=O) groups is 1. The number of hydrogen-bond acceptors (Lipinski definition) is 3. The molecule has 0 radical (unpaired) electrons. The van der Waals surface area contributed by atoms with Crippen molar-refractivity contribution < 1.29 is 14.3 Å². The van der Waals surface area contributed by atoms with Gasteiger partial charge in [-0.15, -0.1) is 0 Å². The van der Waals surface area contributed by atoms with Crippen LogP contribution < -0.4 is 4.74 Å². The Morgan fingerprint density at radius 3 is 3.00 bits per heavy atom. The summed E-state index contributed by atoms with van der Waals surface area (Å²) < 4.78 is 10.5. The van der Waals surface area contributed by atoms with Crippen molar-refractivity contribution >= 4 is 29.2 Å². The molecular formula is C12H12Cl2O3. The number of carbonyl (C=O) groups excluding carboxylic acids is 1. The lowest BCUT2D eigenvalue weighted by Gasteiger charge is -2.24. The zero-order chi connectivity index (χ0) is 12.4. The van der Waals surface area contributed by atoms with Crippen molar-refractivity contribution in [3.63, 3.8) is 0 Å². The fourth-order valence-electron chi connectivity index (χ4n) is 1.85. The molecule has 92 valence electrons. The maximum absolute atomic E-state index is 11.6. The average Bonchev–Trinajstić information content (AvgIpc) is 2.28. The molecule has 1 aromatic carbocycles. The average molecular weight is 275 g/mol. The van der Waals surface area contributed by atoms with Crippen molar-refractivity contribution in [3.05, 3.63) is 27.7 Å². The molecule has 0 aromatic heterocycles. The van der Waals surface area contributed by atoms with Gasteiger partial charge in [-0.1, -0.05) is 23.2 Å². The van der Waals surface area contributed by atoms with E-state index in [4.69, 9.17) is 32.7 Å². The molecule has 1 aromatic rings. The number of rotatable bonds is 2. The number of esters is 1. The maximum atomic E-state index is 11.6. The molecular weight excluding hydrogens is 263 g/mol. The van der Waals surface area contributed by atoms with Crippen LogP contribution >= 0.6 is 23.2 Å². The van der Waals surface area contributed by atoms with Gasteiger partial charge in [0.05, 0.1) is 17.5 Å². The Balaban J connectivity index is 2.21. The molecule has 1 atom stereocenters. The van der Waals surface area contributed by atoms with Crippen LogP contribution in [0.15, 0.2) is 12.1 Å². The topological polar surface area (TPSA) is 35.5 Å². The van der Waals surface area contributed by atoms with E-state index in [0.717, 1.165) is 5.56 Å². The van der Waals surface area contributed by atoms with E-state index >= 15 is 0 Å². The number of ether oxygens (including phenoxy) is 2. The highest BCUT2D eigenvalue weighted by Crippen LogP contribution is 2.37. The minimum absolute atomic E-state index is 0.241. The summed E-state index contributed by atoms with van der Waals surface area (Å²) in [4.78, 5) is 11.6. The van der Waals surface area contributed by atoms with Crippen LogP contribution in [-0.4, -0.2) is 19.2 Å². The fraction of sp³-hybridized carbons (Fsp3) is 0.417. The third-order valence-electron chi connectivity index (χ3n) is 2.60. The molecule has 0 fully saturated rings. The Morgan fingerprint density at radius 2 is 2.29 bits per heavy atom. The molecule has 0 amide bonds. The van der Waals surface area contributed by atoms with E-state index in [0.29, 0.717) is 35.4 Å². The van der Waals surface area contributed by atoms with Gasteiger partial charge >= 0.3 is 5.97 Å². The Bertz CT molecular complexity index is 446. The van der Waals surface area contributed by atoms with Gasteiger partial charge in [0.25, 0.3) is 0 Å². The molecule has 1 heterocycles. The van der Waals surface area contributed by atoms with Gasteiger partial charge in [-0.2, -0.15) is 0 Å². The first kappa shape index (κ1) is 12.5. The van der Waals surface area contributed by atoms with Crippen LogP contribution in [0.1, 0.15) is 12.5 Å². The zero-order valence-corrected chi connectivity index (χ0v) is 10.8. The van der Waals surface area contributed by atoms with Gasteiger partial charge in [0.1, 0.15) is 12.4 Å². The second kappa shape index (κ2) is 5.15. The summed E-state index contributed by atoms with van der Waals surface area (Å²) in [6, 6.07) is 3.40. The molecule has 0 bridgehead atoms. The first-order valence-corrected chi connectivity index (χ1v) is 6.14. The van der Waals surface area contributed by atoms with Crippen molar-refractivity contribution in [1.82, 2.24) is 0 Å². The summed E-state index contributed by atoms with van der Waals surface area (Å²) in [7, 11) is 0. The number of fused-ring (bicyclic) bond motifs is 1. The first-order chi connectivity index (χ1) is 8.11. The van der Waals surface area contributed by atoms with Gasteiger partial charge < -0.3 is 9.47 Å². The fourth-order valence-corrected chi connectivity index (χ4v) is 2.44. The number of benzene rings is 1. The molecule has 0 N–H and O–H groups in total. The van der Waals surface area contributed by atoms with Crippen molar-refractivity contribution in [1.29, 1.82) is 0 Å². The summed E-state index contributed by atoms with van der Waals surface area (Å²) in [5.41, 5.74) is 0.854. The van der Waals surface area contributed by atoms with Crippen LogP contribution in [0.25, 0.3) is 0 Å². The van der Waals surface area contributed by atoms with Crippen molar-refractivity contribution in [2.75, 3.05) is 13.2 Å². The van der Waals surface area contributed by atoms with E-state index in [1.807, 2.05) is 0 Å². The minimum atomic E-state index is -0.281. The molecule has 1 aliphatic heterocycles. The Kier molecular flexibility index (Phi) is 3.79. The quantitative estimate of drug-likeness (QED) is 0.778. The number of halogens is 2. The van der Waals surface area contributed by atoms with Crippen LogP contribution in [0.2, 0.25) is 10.0 Å². The molecule has 0 aliphatic carbocycles. The van der Waals surface area contributed by atoms with Gasteiger partial charge in [-0.25, -0.2) is 0 Å². The second-order valence-corrected chi connectivity index (χ2v) is 4.68. The van der Waals surface area contributed by atoms with Crippen molar-refractivity contribution in [2.24, 2.45) is 5.92 Å². The third kappa shape index (κ3) is 2.67. The van der Waals surface area contributed by atoms with Gasteiger partial charge in [-0.3, -0.25) is 4.79 Å². The van der Waals surface area contributed by atoms with Crippen molar-refractivity contribution in [2.45, 2.75) is 13.3 Å². The molecule has 0 saturated heterocycles. The summed E-state index contributed by atoms with van der Waals surface area (Å²) in [6.07, 6.45) is 0.550. The standard InChI is InChI=1S/C12H12Cl2O3/c1-2-16-12(15)8-3-7-4-9(13)5-10(14)11(7)17-6-8/h4-5,8H,2-3,6H2,1H3. The predicted octanol–water partition coefficient (Wildman–Crippen LogP) is 3.11. The normalized spacial score (nSPS) is 18.2. The highest BCUT2D eigenvalue weighted by Gasteiger charge is 2.28. The second-order valence-electron chi connectivity index (χ2n) is 3.84. The van der Waals surface area contributed by atoms with Crippen LogP contribution in [0, 0.1) is 5.92 Å². The molecule has 1 aliphatic rings. The molecule has 0 saturated carbocycles. The molecule has 5 heteroatoms. The predicted molar refractivity (Wildman–Crippen MR) is 65.8 cm³/mol. The lowest BCUT2D eigenvalue weighted by molar-refractivity contribution is -0.149. The molecule has 2 rings (SSSR count). The van der Waals surface area contributed by atoms with E-state index in [1.165, 1.54) is 0 Å². The van der Waals surface area contributed by atoms with E-state index in [1.54, 1.807) is 19.1 Å².